The van der Waals surface area contributed by atoms with Gasteiger partial charge in [-0.15, -0.1) is 0 Å². The lowest BCUT2D eigenvalue weighted by atomic mass is 10.1. The van der Waals surface area contributed by atoms with Crippen molar-refractivity contribution >= 4 is 17.9 Å². The minimum Gasteiger partial charge on any atom is -0.462 e. The van der Waals surface area contributed by atoms with Gasteiger partial charge in [-0.1, -0.05) is 259 Å². The second-order valence-electron chi connectivity index (χ2n) is 20.3. The monoisotopic (exact) mass is 1030 g/mol. The topological polar surface area (TPSA) is 78.9 Å². The van der Waals surface area contributed by atoms with E-state index in [0.29, 0.717) is 19.3 Å². The summed E-state index contributed by atoms with van der Waals surface area (Å²) in [6.45, 7) is 6.48. The van der Waals surface area contributed by atoms with Gasteiger partial charge in [-0.05, 0) is 116 Å². The zero-order chi connectivity index (χ0) is 53.6. The van der Waals surface area contributed by atoms with E-state index in [4.69, 9.17) is 14.2 Å². The van der Waals surface area contributed by atoms with Crippen LogP contribution in [0.15, 0.2) is 109 Å². The van der Waals surface area contributed by atoms with Crippen molar-refractivity contribution in [3.05, 3.63) is 109 Å². The minimum atomic E-state index is -0.806. The molecular weight excluding hydrogens is 913 g/mol. The lowest BCUT2D eigenvalue weighted by Crippen LogP contribution is -2.30. The van der Waals surface area contributed by atoms with E-state index in [2.05, 4.69) is 130 Å². The van der Waals surface area contributed by atoms with Gasteiger partial charge in [0.15, 0.2) is 6.10 Å². The number of ether oxygens (including phenoxy) is 3. The van der Waals surface area contributed by atoms with Crippen LogP contribution in [0.5, 0.6) is 0 Å². The molecule has 0 aromatic heterocycles. The summed E-state index contributed by atoms with van der Waals surface area (Å²) >= 11 is 0. The van der Waals surface area contributed by atoms with Crippen LogP contribution < -0.4 is 0 Å². The average molecular weight is 1030 g/mol. The van der Waals surface area contributed by atoms with Crippen LogP contribution in [0.25, 0.3) is 0 Å². The SMILES string of the molecule is CC/C=C\C/C=C\C/C=C\C/C=C\C/C=C\CCCCCC(=O)OCC(COC(=O)CCCCCCC\C=C/C=C\C=C/CCCCCCC)OC(=O)CCCCCCCCC/C=C\CCCCCCCCCC. The van der Waals surface area contributed by atoms with Crippen molar-refractivity contribution in [3.63, 3.8) is 0 Å². The van der Waals surface area contributed by atoms with Gasteiger partial charge in [0, 0.05) is 19.3 Å². The van der Waals surface area contributed by atoms with Gasteiger partial charge in [0.1, 0.15) is 13.2 Å². The van der Waals surface area contributed by atoms with Crippen LogP contribution in [0.2, 0.25) is 0 Å². The Morgan fingerprint density at radius 2 is 0.581 bits per heavy atom. The van der Waals surface area contributed by atoms with E-state index in [1.807, 2.05) is 0 Å². The quantitative estimate of drug-likeness (QED) is 0.0199. The van der Waals surface area contributed by atoms with Crippen molar-refractivity contribution in [1.29, 1.82) is 0 Å². The molecule has 0 radical (unpaired) electrons. The molecule has 0 aliphatic carbocycles. The molecule has 422 valence electrons. The maximum Gasteiger partial charge on any atom is 0.306 e. The number of allylic oxidation sites excluding steroid dienone is 18. The summed E-state index contributed by atoms with van der Waals surface area (Å²) in [4.78, 5) is 38.3. The van der Waals surface area contributed by atoms with E-state index >= 15 is 0 Å². The number of hydrogen-bond acceptors (Lipinski definition) is 6. The van der Waals surface area contributed by atoms with Gasteiger partial charge < -0.3 is 14.2 Å². The van der Waals surface area contributed by atoms with Crippen molar-refractivity contribution < 1.29 is 28.6 Å². The van der Waals surface area contributed by atoms with Crippen LogP contribution in [0.3, 0.4) is 0 Å². The number of carbonyl (C=O) groups excluding carboxylic acids is 3. The van der Waals surface area contributed by atoms with Gasteiger partial charge in [0.2, 0.25) is 0 Å². The molecular formula is C68H114O6. The first-order valence-electron chi connectivity index (χ1n) is 30.9. The lowest BCUT2D eigenvalue weighted by Gasteiger charge is -2.18. The highest BCUT2D eigenvalue weighted by molar-refractivity contribution is 5.71. The molecule has 0 aromatic rings. The number of carbonyl (C=O) groups is 3. The van der Waals surface area contributed by atoms with Crippen molar-refractivity contribution in [1.82, 2.24) is 0 Å². The Balaban J connectivity index is 4.50. The third-order valence-corrected chi connectivity index (χ3v) is 13.0. The molecule has 6 heteroatoms. The third-order valence-electron chi connectivity index (χ3n) is 13.0. The summed E-state index contributed by atoms with van der Waals surface area (Å²) in [5.41, 5.74) is 0. The van der Waals surface area contributed by atoms with Crippen molar-refractivity contribution in [2.75, 3.05) is 13.2 Å². The molecule has 74 heavy (non-hydrogen) atoms. The number of rotatable bonds is 55. The molecule has 1 atom stereocenters. The smallest absolute Gasteiger partial charge is 0.306 e. The molecule has 0 aromatic carbocycles. The molecule has 0 aliphatic heterocycles. The predicted octanol–water partition coefficient (Wildman–Crippen LogP) is 21.0. The zero-order valence-electron chi connectivity index (χ0n) is 48.3. The Kier molecular flexibility index (Phi) is 58.3. The van der Waals surface area contributed by atoms with E-state index in [9.17, 15) is 14.4 Å². The Morgan fingerprint density at radius 1 is 0.297 bits per heavy atom. The van der Waals surface area contributed by atoms with E-state index in [1.165, 1.54) is 122 Å². The molecule has 0 rings (SSSR count). The number of unbranched alkanes of at least 4 members (excludes halogenated alkanes) is 28. The highest BCUT2D eigenvalue weighted by Crippen LogP contribution is 2.15. The van der Waals surface area contributed by atoms with Crippen LogP contribution >= 0.6 is 0 Å². The van der Waals surface area contributed by atoms with Crippen molar-refractivity contribution in [2.45, 2.75) is 290 Å². The lowest BCUT2D eigenvalue weighted by molar-refractivity contribution is -0.167. The first-order valence-corrected chi connectivity index (χ1v) is 30.9. The second kappa shape index (κ2) is 61.6. The summed E-state index contributed by atoms with van der Waals surface area (Å²) in [6.07, 6.45) is 83.6. The van der Waals surface area contributed by atoms with E-state index in [1.54, 1.807) is 0 Å². The van der Waals surface area contributed by atoms with E-state index < -0.39 is 6.10 Å². The first kappa shape index (κ1) is 70.1. The molecule has 0 saturated carbocycles. The van der Waals surface area contributed by atoms with Crippen molar-refractivity contribution in [2.24, 2.45) is 0 Å². The molecule has 0 saturated heterocycles. The zero-order valence-corrected chi connectivity index (χ0v) is 48.3. The van der Waals surface area contributed by atoms with Gasteiger partial charge in [0.05, 0.1) is 0 Å². The van der Waals surface area contributed by atoms with E-state index in [0.717, 1.165) is 122 Å². The molecule has 0 spiro atoms. The maximum atomic E-state index is 12.9. The molecule has 0 amide bonds. The second-order valence-corrected chi connectivity index (χ2v) is 20.3. The Morgan fingerprint density at radius 3 is 0.959 bits per heavy atom. The normalized spacial score (nSPS) is 12.9. The fraction of sp³-hybridized carbons (Fsp3) is 0.691. The molecule has 0 fully saturated rings. The van der Waals surface area contributed by atoms with Gasteiger partial charge in [-0.3, -0.25) is 14.4 Å². The summed E-state index contributed by atoms with van der Waals surface area (Å²) < 4.78 is 16.9. The summed E-state index contributed by atoms with van der Waals surface area (Å²) in [5.74, 6) is -0.952. The van der Waals surface area contributed by atoms with Crippen LogP contribution in [0, 0.1) is 0 Å². The van der Waals surface area contributed by atoms with E-state index in [-0.39, 0.29) is 31.1 Å². The average Bonchev–Trinajstić information content (AvgIpc) is 3.40. The van der Waals surface area contributed by atoms with Gasteiger partial charge in [-0.2, -0.15) is 0 Å². The van der Waals surface area contributed by atoms with Gasteiger partial charge in [0.25, 0.3) is 0 Å². The highest BCUT2D eigenvalue weighted by atomic mass is 16.6. The maximum absolute atomic E-state index is 12.9. The Bertz CT molecular complexity index is 1510. The van der Waals surface area contributed by atoms with Crippen LogP contribution in [-0.4, -0.2) is 37.2 Å². The van der Waals surface area contributed by atoms with Crippen molar-refractivity contribution in [3.8, 4) is 0 Å². The highest BCUT2D eigenvalue weighted by Gasteiger charge is 2.19. The molecule has 0 heterocycles. The first-order chi connectivity index (χ1) is 36.5. The predicted molar refractivity (Wildman–Crippen MR) is 320 cm³/mol. The van der Waals surface area contributed by atoms with Crippen LogP contribution in [0.4, 0.5) is 0 Å². The molecule has 0 N–H and O–H groups in total. The molecule has 0 aliphatic rings. The number of hydrogen-bond donors (Lipinski definition) is 0. The summed E-state index contributed by atoms with van der Waals surface area (Å²) in [6, 6.07) is 0. The largest absolute Gasteiger partial charge is 0.462 e. The fourth-order valence-electron chi connectivity index (χ4n) is 8.41. The Hall–Kier alpha value is -3.93. The molecule has 6 nitrogen and oxygen atoms in total. The van der Waals surface area contributed by atoms with Gasteiger partial charge in [-0.25, -0.2) is 0 Å². The summed E-state index contributed by atoms with van der Waals surface area (Å²) in [5, 5.41) is 0. The summed E-state index contributed by atoms with van der Waals surface area (Å²) in [7, 11) is 0. The Labute approximate surface area is 457 Å². The minimum absolute atomic E-state index is 0.102. The molecule has 0 bridgehead atoms. The fourth-order valence-corrected chi connectivity index (χ4v) is 8.41. The van der Waals surface area contributed by atoms with Crippen LogP contribution in [0.1, 0.15) is 284 Å². The number of esters is 3. The van der Waals surface area contributed by atoms with Gasteiger partial charge >= 0.3 is 17.9 Å². The third kappa shape index (κ3) is 59.0. The van der Waals surface area contributed by atoms with Crippen LogP contribution in [-0.2, 0) is 28.6 Å². The molecule has 1 unspecified atom stereocenters. The standard InChI is InChI=1S/C68H114O6/c1-4-7-10-13-16-19-22-25-28-31-34-37-40-43-46-49-52-55-58-61-67(70)73-64-65(63-72-66(69)60-57-54-51-48-45-42-39-36-33-30-27-24-21-18-15-12-9-6-3)74-68(71)62-59-56-53-50-47-44-41-38-35-32-29-26-23-20-17-14-11-8-5-2/h7,10,16,19,24-25,27-28,30,32-37,39,43,46,65H,4-6,8-9,11-15,17-18,20-23,26,29,31,38,40-42,44-45,47-64H2,1-3H3/b10-7-,19-16-,27-24-,28-25-,33-30-,35-32-,37-34-,39-36-,46-43-.